The van der Waals surface area contributed by atoms with E-state index in [4.69, 9.17) is 11.4 Å². The number of carbonyl (C=O) groups is 2. The molecule has 8 heteroatoms. The van der Waals surface area contributed by atoms with Gasteiger partial charge in [0.15, 0.2) is 11.5 Å². The van der Waals surface area contributed by atoms with Gasteiger partial charge in [0, 0.05) is 29.1 Å². The first-order chi connectivity index (χ1) is 16.5. The van der Waals surface area contributed by atoms with Crippen molar-refractivity contribution in [2.75, 3.05) is 11.9 Å². The van der Waals surface area contributed by atoms with Crippen molar-refractivity contribution in [1.29, 1.82) is 0 Å². The summed E-state index contributed by atoms with van der Waals surface area (Å²) in [6.45, 7) is 1.65. The smallest absolute Gasteiger partial charge is 0.252 e. The Morgan fingerprint density at radius 2 is 2.03 bits per heavy atom. The molecule has 0 unspecified atom stereocenters. The average molecular weight is 451 g/mol. The first-order valence-electron chi connectivity index (χ1n) is 11.0. The molecule has 1 aliphatic rings. The number of nitrogens with one attached hydrogen (secondary N) is 2. The van der Waals surface area contributed by atoms with E-state index < -0.39 is 0 Å². The summed E-state index contributed by atoms with van der Waals surface area (Å²) in [7, 11) is 0. The zero-order chi connectivity index (χ0) is 23.7. The molecule has 0 atom stereocenters. The van der Waals surface area contributed by atoms with Crippen LogP contribution in [0.25, 0.3) is 16.9 Å². The number of benzene rings is 1. The van der Waals surface area contributed by atoms with Crippen molar-refractivity contribution in [1.82, 2.24) is 25.1 Å². The first kappa shape index (κ1) is 21.3. The molecule has 0 spiro atoms. The highest BCUT2D eigenvalue weighted by Crippen LogP contribution is 2.40. The van der Waals surface area contributed by atoms with Gasteiger partial charge in [-0.3, -0.25) is 9.59 Å². The minimum Gasteiger partial charge on any atom is -0.343 e. The lowest BCUT2D eigenvalue weighted by Crippen LogP contribution is -2.33. The number of aryl methyl sites for hydroxylation is 1. The minimum atomic E-state index is -0.356. The number of amides is 2. The number of hydrogen-bond donors (Lipinski definition) is 2. The van der Waals surface area contributed by atoms with Crippen LogP contribution in [0.15, 0.2) is 54.7 Å². The van der Waals surface area contributed by atoms with E-state index in [0.29, 0.717) is 45.3 Å². The second-order valence-corrected chi connectivity index (χ2v) is 8.21. The summed E-state index contributed by atoms with van der Waals surface area (Å²) in [4.78, 5) is 34.9. The molecule has 0 radical (unpaired) electrons. The van der Waals surface area contributed by atoms with Crippen molar-refractivity contribution >= 4 is 28.5 Å². The Bertz CT molecular complexity index is 1450. The summed E-state index contributed by atoms with van der Waals surface area (Å²) in [5.74, 6) is 2.78. The van der Waals surface area contributed by atoms with Gasteiger partial charge >= 0.3 is 0 Å². The van der Waals surface area contributed by atoms with Gasteiger partial charge in [-0.15, -0.1) is 6.42 Å². The van der Waals surface area contributed by atoms with Crippen LogP contribution in [-0.4, -0.2) is 38.1 Å². The van der Waals surface area contributed by atoms with Crippen LogP contribution in [-0.2, 0) is 4.79 Å². The SMILES string of the molecule is C#Cc1cccc(NC(=O)CNC(=O)c2cc(C3CC3)nc3c2c(C)nn3-c2ccccn2)c1. The van der Waals surface area contributed by atoms with E-state index in [1.807, 2.05) is 31.2 Å². The molecule has 3 aromatic heterocycles. The molecule has 8 nitrogen and oxygen atoms in total. The number of terminal acetylenes is 1. The van der Waals surface area contributed by atoms with Gasteiger partial charge in [0.1, 0.15) is 0 Å². The molecule has 34 heavy (non-hydrogen) atoms. The van der Waals surface area contributed by atoms with Crippen LogP contribution in [0.4, 0.5) is 5.69 Å². The lowest BCUT2D eigenvalue weighted by atomic mass is 10.1. The third kappa shape index (κ3) is 4.24. The third-order valence-electron chi connectivity index (χ3n) is 5.66. The molecular formula is C26H22N6O2. The van der Waals surface area contributed by atoms with Crippen molar-refractivity contribution in [3.05, 3.63) is 77.2 Å². The normalized spacial score (nSPS) is 12.8. The fourth-order valence-corrected chi connectivity index (χ4v) is 3.86. The van der Waals surface area contributed by atoms with E-state index in [2.05, 4.69) is 26.6 Å². The Morgan fingerprint density at radius 1 is 1.18 bits per heavy atom. The number of fused-ring (bicyclic) bond motifs is 1. The van der Waals surface area contributed by atoms with E-state index in [1.165, 1.54) is 0 Å². The molecule has 168 valence electrons. The molecule has 1 saturated carbocycles. The van der Waals surface area contributed by atoms with Crippen molar-refractivity contribution in [3.8, 4) is 18.2 Å². The van der Waals surface area contributed by atoms with E-state index in [0.717, 1.165) is 18.5 Å². The molecule has 1 aliphatic carbocycles. The highest BCUT2D eigenvalue weighted by Gasteiger charge is 2.29. The maximum absolute atomic E-state index is 13.2. The molecule has 4 aromatic rings. The summed E-state index contributed by atoms with van der Waals surface area (Å²) >= 11 is 0. The molecule has 1 aromatic carbocycles. The van der Waals surface area contributed by atoms with Crippen molar-refractivity contribution in [2.24, 2.45) is 0 Å². The molecule has 0 aliphatic heterocycles. The third-order valence-corrected chi connectivity index (χ3v) is 5.66. The molecule has 3 heterocycles. The van der Waals surface area contributed by atoms with Crippen molar-refractivity contribution in [3.63, 3.8) is 0 Å². The predicted octanol–water partition coefficient (Wildman–Crippen LogP) is 3.35. The van der Waals surface area contributed by atoms with Crippen molar-refractivity contribution in [2.45, 2.75) is 25.7 Å². The van der Waals surface area contributed by atoms with E-state index in [1.54, 1.807) is 35.1 Å². The van der Waals surface area contributed by atoms with Crippen LogP contribution in [0.3, 0.4) is 0 Å². The first-order valence-corrected chi connectivity index (χ1v) is 11.0. The lowest BCUT2D eigenvalue weighted by molar-refractivity contribution is -0.115. The number of nitrogens with zero attached hydrogens (tertiary/aromatic N) is 4. The molecule has 0 bridgehead atoms. The van der Waals surface area contributed by atoms with E-state index >= 15 is 0 Å². The van der Waals surface area contributed by atoms with Crippen LogP contribution in [0, 0.1) is 19.3 Å². The Hall–Kier alpha value is -4.51. The highest BCUT2D eigenvalue weighted by molar-refractivity contribution is 6.08. The maximum Gasteiger partial charge on any atom is 0.252 e. The molecule has 2 N–H and O–H groups in total. The summed E-state index contributed by atoms with van der Waals surface area (Å²) in [5, 5.41) is 10.7. The van der Waals surface area contributed by atoms with Gasteiger partial charge in [0.05, 0.1) is 23.2 Å². The lowest BCUT2D eigenvalue weighted by Gasteiger charge is -2.10. The van der Waals surface area contributed by atoms with E-state index in [9.17, 15) is 9.59 Å². The Labute approximate surface area is 196 Å². The van der Waals surface area contributed by atoms with Gasteiger partial charge in [0.2, 0.25) is 5.91 Å². The Morgan fingerprint density at radius 3 is 2.76 bits per heavy atom. The highest BCUT2D eigenvalue weighted by atomic mass is 16.2. The van der Waals surface area contributed by atoms with Crippen LogP contribution >= 0.6 is 0 Å². The maximum atomic E-state index is 13.2. The fraction of sp³-hybridized carbons (Fsp3) is 0.192. The van der Waals surface area contributed by atoms with Crippen LogP contribution in [0.5, 0.6) is 0 Å². The van der Waals surface area contributed by atoms with Gasteiger partial charge in [-0.1, -0.05) is 18.1 Å². The number of rotatable bonds is 6. The van der Waals surface area contributed by atoms with Gasteiger partial charge in [-0.25, -0.2) is 9.97 Å². The fourth-order valence-electron chi connectivity index (χ4n) is 3.86. The second-order valence-electron chi connectivity index (χ2n) is 8.21. The van der Waals surface area contributed by atoms with Crippen molar-refractivity contribution < 1.29 is 9.59 Å². The number of anilines is 1. The summed E-state index contributed by atoms with van der Waals surface area (Å²) < 4.78 is 1.67. The molecular weight excluding hydrogens is 428 g/mol. The minimum absolute atomic E-state index is 0.185. The Kier molecular flexibility index (Phi) is 5.52. The monoisotopic (exact) mass is 450 g/mol. The van der Waals surface area contributed by atoms with Crippen LogP contribution in [0.1, 0.15) is 46.1 Å². The largest absolute Gasteiger partial charge is 0.343 e. The average Bonchev–Trinajstić information content (AvgIpc) is 3.66. The van der Waals surface area contributed by atoms with Crippen LogP contribution in [0.2, 0.25) is 0 Å². The zero-order valence-corrected chi connectivity index (χ0v) is 18.6. The predicted molar refractivity (Wildman–Crippen MR) is 129 cm³/mol. The molecule has 1 fully saturated rings. The number of aromatic nitrogens is 4. The standard InChI is InChI=1S/C26H22N6O2/c1-3-17-7-6-8-19(13-17)29-23(33)15-28-26(34)20-14-21(18-10-11-18)30-25-24(20)16(2)31-32(25)22-9-4-5-12-27-22/h1,4-9,12-14,18H,10-11,15H2,2H3,(H,28,34)(H,29,33). The quantitative estimate of drug-likeness (QED) is 0.439. The van der Waals surface area contributed by atoms with Gasteiger partial charge in [-0.2, -0.15) is 9.78 Å². The van der Waals surface area contributed by atoms with E-state index in [-0.39, 0.29) is 18.4 Å². The molecule has 2 amide bonds. The summed E-state index contributed by atoms with van der Waals surface area (Å²) in [6, 6.07) is 14.3. The summed E-state index contributed by atoms with van der Waals surface area (Å²) in [6.07, 6.45) is 9.17. The number of hydrogen-bond acceptors (Lipinski definition) is 5. The van der Waals surface area contributed by atoms with Gasteiger partial charge in [0.25, 0.3) is 5.91 Å². The topological polar surface area (TPSA) is 102 Å². The van der Waals surface area contributed by atoms with Gasteiger partial charge in [-0.05, 0) is 56.2 Å². The number of carbonyl (C=O) groups excluding carboxylic acids is 2. The zero-order valence-electron chi connectivity index (χ0n) is 18.6. The Balaban J connectivity index is 1.42. The molecule has 0 saturated heterocycles. The molecule has 5 rings (SSSR count). The summed E-state index contributed by atoms with van der Waals surface area (Å²) in [5.41, 5.74) is 3.79. The van der Waals surface area contributed by atoms with Crippen LogP contribution < -0.4 is 10.6 Å². The number of pyridine rings is 2. The van der Waals surface area contributed by atoms with Gasteiger partial charge < -0.3 is 10.6 Å². The second kappa shape index (κ2) is 8.79.